The summed E-state index contributed by atoms with van der Waals surface area (Å²) in [6, 6.07) is 14.0. The lowest BCUT2D eigenvalue weighted by Crippen LogP contribution is -2.47. The van der Waals surface area contributed by atoms with Gasteiger partial charge in [0.25, 0.3) is 0 Å². The monoisotopic (exact) mass is 399 g/mol. The predicted molar refractivity (Wildman–Crippen MR) is 110 cm³/mol. The summed E-state index contributed by atoms with van der Waals surface area (Å²) >= 11 is 6.14. The van der Waals surface area contributed by atoms with E-state index in [1.807, 2.05) is 35.2 Å². The quantitative estimate of drug-likeness (QED) is 0.790. The number of hydrogen-bond acceptors (Lipinski definition) is 4. The van der Waals surface area contributed by atoms with Crippen molar-refractivity contribution in [1.29, 1.82) is 0 Å². The molecule has 2 aromatic rings. The van der Waals surface area contributed by atoms with E-state index in [9.17, 15) is 4.79 Å². The molecule has 2 fully saturated rings. The number of pyridine rings is 1. The number of carbonyl (C=O) groups excluding carboxylic acids is 1. The zero-order valence-corrected chi connectivity index (χ0v) is 16.8. The molecular formula is C22H26ClN3O2. The number of aromatic nitrogens is 1. The van der Waals surface area contributed by atoms with E-state index in [1.165, 1.54) is 0 Å². The minimum absolute atomic E-state index is 0.213. The fraction of sp³-hybridized carbons (Fsp3) is 0.455. The van der Waals surface area contributed by atoms with E-state index in [0.29, 0.717) is 38.8 Å². The molecule has 0 unspecified atom stereocenters. The molecule has 1 aromatic heterocycles. The average molecular weight is 400 g/mol. The standard InChI is InChI=1S/C22H26ClN3O2/c23-19-6-1-4-17(14-19)20-7-2-8-21(24-20)18-5-3-9-25(15-18)16-22(27)26-10-12-28-13-11-26/h1-2,4,6-8,14,18H,3,5,9-13,15-16H2/t18-/m1/s1. The first kappa shape index (κ1) is 19.4. The van der Waals surface area contributed by atoms with Gasteiger partial charge in [-0.1, -0.05) is 29.8 Å². The van der Waals surface area contributed by atoms with Crippen LogP contribution in [0.25, 0.3) is 11.3 Å². The molecule has 4 rings (SSSR count). The van der Waals surface area contributed by atoms with E-state index in [0.717, 1.165) is 47.9 Å². The summed E-state index contributed by atoms with van der Waals surface area (Å²) in [5.41, 5.74) is 3.08. The second-order valence-electron chi connectivity index (χ2n) is 7.53. The van der Waals surface area contributed by atoms with Gasteiger partial charge in [0.05, 0.1) is 25.5 Å². The van der Waals surface area contributed by atoms with Crippen LogP contribution in [0.1, 0.15) is 24.5 Å². The molecule has 1 aromatic carbocycles. The number of nitrogens with zero attached hydrogens (tertiary/aromatic N) is 3. The van der Waals surface area contributed by atoms with Crippen molar-refractivity contribution in [3.8, 4) is 11.3 Å². The molecule has 148 valence electrons. The number of ether oxygens (including phenoxy) is 1. The molecule has 1 atom stereocenters. The van der Waals surface area contributed by atoms with Gasteiger partial charge in [0, 0.05) is 41.8 Å². The fourth-order valence-corrected chi connectivity index (χ4v) is 4.22. The van der Waals surface area contributed by atoms with E-state index >= 15 is 0 Å². The molecule has 0 N–H and O–H groups in total. The van der Waals surface area contributed by atoms with Gasteiger partial charge in [-0.2, -0.15) is 0 Å². The van der Waals surface area contributed by atoms with Crippen molar-refractivity contribution in [3.63, 3.8) is 0 Å². The number of halogens is 1. The maximum Gasteiger partial charge on any atom is 0.236 e. The van der Waals surface area contributed by atoms with Crippen molar-refractivity contribution in [2.45, 2.75) is 18.8 Å². The number of amides is 1. The Morgan fingerprint density at radius 3 is 2.79 bits per heavy atom. The molecule has 0 aliphatic carbocycles. The summed E-state index contributed by atoms with van der Waals surface area (Å²) in [7, 11) is 0. The van der Waals surface area contributed by atoms with Crippen LogP contribution in [0.3, 0.4) is 0 Å². The smallest absolute Gasteiger partial charge is 0.236 e. The number of likely N-dealkylation sites (tertiary alicyclic amines) is 1. The van der Waals surface area contributed by atoms with Gasteiger partial charge in [-0.15, -0.1) is 0 Å². The number of hydrogen-bond donors (Lipinski definition) is 0. The highest BCUT2D eigenvalue weighted by molar-refractivity contribution is 6.30. The molecule has 6 heteroatoms. The first-order chi connectivity index (χ1) is 13.7. The molecule has 28 heavy (non-hydrogen) atoms. The van der Waals surface area contributed by atoms with Gasteiger partial charge in [0.2, 0.25) is 5.91 Å². The van der Waals surface area contributed by atoms with Crippen LogP contribution in [0.2, 0.25) is 5.02 Å². The average Bonchev–Trinajstić information content (AvgIpc) is 2.75. The summed E-state index contributed by atoms with van der Waals surface area (Å²) in [6.07, 6.45) is 2.19. The predicted octanol–water partition coefficient (Wildman–Crippen LogP) is 3.44. The molecule has 3 heterocycles. The van der Waals surface area contributed by atoms with Gasteiger partial charge in [-0.3, -0.25) is 14.7 Å². The topological polar surface area (TPSA) is 45.7 Å². The Hall–Kier alpha value is -1.95. The zero-order valence-electron chi connectivity index (χ0n) is 16.0. The van der Waals surface area contributed by atoms with Crippen molar-refractivity contribution in [3.05, 3.63) is 53.2 Å². The normalized spacial score (nSPS) is 20.9. The highest BCUT2D eigenvalue weighted by Crippen LogP contribution is 2.28. The minimum atomic E-state index is 0.213. The third kappa shape index (κ3) is 4.72. The van der Waals surface area contributed by atoms with Crippen LogP contribution in [-0.2, 0) is 9.53 Å². The molecule has 1 amide bonds. The lowest BCUT2D eigenvalue weighted by Gasteiger charge is -2.34. The van der Waals surface area contributed by atoms with E-state index in [4.69, 9.17) is 21.3 Å². The molecule has 0 radical (unpaired) electrons. The molecule has 2 saturated heterocycles. The summed E-state index contributed by atoms with van der Waals surface area (Å²) in [4.78, 5) is 21.7. The maximum atomic E-state index is 12.6. The molecule has 5 nitrogen and oxygen atoms in total. The summed E-state index contributed by atoms with van der Waals surface area (Å²) in [6.45, 7) is 5.05. The minimum Gasteiger partial charge on any atom is -0.378 e. The molecule has 0 saturated carbocycles. The van der Waals surface area contributed by atoms with E-state index < -0.39 is 0 Å². The van der Waals surface area contributed by atoms with E-state index in [2.05, 4.69) is 17.0 Å². The summed E-state index contributed by atoms with van der Waals surface area (Å²) in [5.74, 6) is 0.565. The van der Waals surface area contributed by atoms with Gasteiger partial charge in [-0.05, 0) is 43.7 Å². The number of piperidine rings is 1. The first-order valence-electron chi connectivity index (χ1n) is 10.00. The lowest BCUT2D eigenvalue weighted by molar-refractivity contribution is -0.136. The van der Waals surface area contributed by atoms with Crippen molar-refractivity contribution in [2.75, 3.05) is 45.9 Å². The van der Waals surface area contributed by atoms with E-state index in [-0.39, 0.29) is 5.91 Å². The van der Waals surface area contributed by atoms with Crippen LogP contribution in [-0.4, -0.2) is 66.6 Å². The Morgan fingerprint density at radius 1 is 1.14 bits per heavy atom. The third-order valence-corrected chi connectivity index (χ3v) is 5.77. The van der Waals surface area contributed by atoms with Crippen LogP contribution >= 0.6 is 11.6 Å². The number of benzene rings is 1. The molecule has 0 spiro atoms. The van der Waals surface area contributed by atoms with Crippen LogP contribution in [0.15, 0.2) is 42.5 Å². The van der Waals surface area contributed by atoms with Crippen molar-refractivity contribution >= 4 is 17.5 Å². The Balaban J connectivity index is 1.43. The van der Waals surface area contributed by atoms with Gasteiger partial charge in [0.1, 0.15) is 0 Å². The van der Waals surface area contributed by atoms with Crippen molar-refractivity contribution < 1.29 is 9.53 Å². The number of carbonyl (C=O) groups is 1. The van der Waals surface area contributed by atoms with E-state index in [1.54, 1.807) is 0 Å². The van der Waals surface area contributed by atoms with Gasteiger partial charge >= 0.3 is 0 Å². The van der Waals surface area contributed by atoms with Gasteiger partial charge in [0.15, 0.2) is 0 Å². The fourth-order valence-electron chi connectivity index (χ4n) is 4.03. The second-order valence-corrected chi connectivity index (χ2v) is 7.96. The van der Waals surface area contributed by atoms with Gasteiger partial charge < -0.3 is 9.64 Å². The van der Waals surface area contributed by atoms with Crippen LogP contribution in [0.4, 0.5) is 0 Å². The highest BCUT2D eigenvalue weighted by Gasteiger charge is 2.26. The van der Waals surface area contributed by atoms with Crippen LogP contribution < -0.4 is 0 Å². The SMILES string of the molecule is O=C(CN1CCC[C@@H](c2cccc(-c3cccc(Cl)c3)n2)C1)N1CCOCC1. The largest absolute Gasteiger partial charge is 0.378 e. The summed E-state index contributed by atoms with van der Waals surface area (Å²) < 4.78 is 5.35. The molecule has 2 aliphatic heterocycles. The summed E-state index contributed by atoms with van der Waals surface area (Å²) in [5, 5.41) is 0.718. The molecule has 2 aliphatic rings. The third-order valence-electron chi connectivity index (χ3n) is 5.54. The first-order valence-corrected chi connectivity index (χ1v) is 10.4. The Labute approximate surface area is 171 Å². The second kappa shape index (κ2) is 9.03. The Bertz CT molecular complexity index is 823. The lowest BCUT2D eigenvalue weighted by atomic mass is 9.93. The van der Waals surface area contributed by atoms with Crippen molar-refractivity contribution in [2.24, 2.45) is 0 Å². The Kier molecular flexibility index (Phi) is 6.25. The Morgan fingerprint density at radius 2 is 1.96 bits per heavy atom. The molecule has 0 bridgehead atoms. The maximum absolute atomic E-state index is 12.6. The highest BCUT2D eigenvalue weighted by atomic mass is 35.5. The van der Waals surface area contributed by atoms with Gasteiger partial charge in [-0.25, -0.2) is 0 Å². The van der Waals surface area contributed by atoms with Crippen molar-refractivity contribution in [1.82, 2.24) is 14.8 Å². The number of rotatable bonds is 4. The number of morpholine rings is 1. The zero-order chi connectivity index (χ0) is 19.3. The molecular weight excluding hydrogens is 374 g/mol. The van der Waals surface area contributed by atoms with Crippen LogP contribution in [0.5, 0.6) is 0 Å². The van der Waals surface area contributed by atoms with Crippen LogP contribution in [0, 0.1) is 0 Å².